The normalized spacial score (nSPS) is 10.7. The number of para-hydroxylation sites is 1. The third kappa shape index (κ3) is 5.44. The standard InChI is InChI=1S/C16H24N2O4/c1-4-10-17(11-5-2)12-9-14-7-6-8-15(18(20)21)16(14)22-13(3)19/h6-8H,4-5,9-12H2,1-3H3. The van der Waals surface area contributed by atoms with Gasteiger partial charge in [-0.05, 0) is 32.4 Å². The van der Waals surface area contributed by atoms with Gasteiger partial charge in [-0.2, -0.15) is 0 Å². The van der Waals surface area contributed by atoms with E-state index in [1.54, 1.807) is 12.1 Å². The van der Waals surface area contributed by atoms with Crippen molar-refractivity contribution in [3.63, 3.8) is 0 Å². The van der Waals surface area contributed by atoms with Gasteiger partial charge in [0.05, 0.1) is 4.92 Å². The highest BCUT2D eigenvalue weighted by atomic mass is 16.6. The van der Waals surface area contributed by atoms with E-state index in [9.17, 15) is 14.9 Å². The van der Waals surface area contributed by atoms with Crippen LogP contribution >= 0.6 is 0 Å². The predicted molar refractivity (Wildman–Crippen MR) is 85.1 cm³/mol. The number of carbonyl (C=O) groups is 1. The van der Waals surface area contributed by atoms with Gasteiger partial charge in [0, 0.05) is 25.1 Å². The van der Waals surface area contributed by atoms with E-state index in [2.05, 4.69) is 18.7 Å². The summed E-state index contributed by atoms with van der Waals surface area (Å²) in [4.78, 5) is 24.1. The van der Waals surface area contributed by atoms with Crippen LogP contribution in [-0.2, 0) is 11.2 Å². The van der Waals surface area contributed by atoms with Crippen LogP contribution in [0.15, 0.2) is 18.2 Å². The molecule has 0 amide bonds. The Hall–Kier alpha value is -1.95. The molecule has 6 heteroatoms. The lowest BCUT2D eigenvalue weighted by atomic mass is 10.1. The van der Waals surface area contributed by atoms with Gasteiger partial charge in [0.25, 0.3) is 0 Å². The first-order chi connectivity index (χ1) is 10.5. The quantitative estimate of drug-likeness (QED) is 0.303. The molecule has 6 nitrogen and oxygen atoms in total. The van der Waals surface area contributed by atoms with E-state index in [0.717, 1.165) is 32.5 Å². The molecule has 0 aliphatic rings. The van der Waals surface area contributed by atoms with E-state index >= 15 is 0 Å². The second kappa shape index (κ2) is 9.15. The highest BCUT2D eigenvalue weighted by molar-refractivity contribution is 5.72. The summed E-state index contributed by atoms with van der Waals surface area (Å²) in [5.41, 5.74) is 0.534. The lowest BCUT2D eigenvalue weighted by molar-refractivity contribution is -0.385. The van der Waals surface area contributed by atoms with E-state index < -0.39 is 10.9 Å². The molecule has 0 aromatic heterocycles. The zero-order valence-corrected chi connectivity index (χ0v) is 13.5. The smallest absolute Gasteiger partial charge is 0.311 e. The molecule has 0 unspecified atom stereocenters. The SMILES string of the molecule is CCCN(CCC)CCc1cccc([N+](=O)[O-])c1OC(C)=O. The molecule has 0 fully saturated rings. The number of esters is 1. The Morgan fingerprint density at radius 3 is 2.36 bits per heavy atom. The summed E-state index contributed by atoms with van der Waals surface area (Å²) < 4.78 is 5.09. The topological polar surface area (TPSA) is 72.7 Å². The van der Waals surface area contributed by atoms with Crippen LogP contribution in [0.3, 0.4) is 0 Å². The molecule has 0 atom stereocenters. The van der Waals surface area contributed by atoms with Crippen LogP contribution in [0.1, 0.15) is 39.2 Å². The van der Waals surface area contributed by atoms with Crippen molar-refractivity contribution in [1.82, 2.24) is 4.90 Å². The fraction of sp³-hybridized carbons (Fsp3) is 0.562. The van der Waals surface area contributed by atoms with Crippen LogP contribution in [0.2, 0.25) is 0 Å². The minimum absolute atomic E-state index is 0.0768. The maximum Gasteiger partial charge on any atom is 0.311 e. The van der Waals surface area contributed by atoms with E-state index in [1.165, 1.54) is 13.0 Å². The zero-order valence-electron chi connectivity index (χ0n) is 13.5. The van der Waals surface area contributed by atoms with Gasteiger partial charge in [0.15, 0.2) is 0 Å². The molecule has 122 valence electrons. The van der Waals surface area contributed by atoms with Gasteiger partial charge in [0.1, 0.15) is 0 Å². The molecular weight excluding hydrogens is 284 g/mol. The summed E-state index contributed by atoms with van der Waals surface area (Å²) in [6, 6.07) is 4.77. The van der Waals surface area contributed by atoms with Crippen molar-refractivity contribution in [3.05, 3.63) is 33.9 Å². The van der Waals surface area contributed by atoms with Crippen molar-refractivity contribution >= 4 is 11.7 Å². The van der Waals surface area contributed by atoms with Crippen molar-refractivity contribution in [2.45, 2.75) is 40.0 Å². The predicted octanol–water partition coefficient (Wildman–Crippen LogP) is 3.18. The lowest BCUT2D eigenvalue weighted by Gasteiger charge is -2.21. The summed E-state index contributed by atoms with van der Waals surface area (Å²) in [6.45, 7) is 8.27. The van der Waals surface area contributed by atoms with Crippen molar-refractivity contribution < 1.29 is 14.5 Å². The van der Waals surface area contributed by atoms with Gasteiger partial charge < -0.3 is 9.64 Å². The maximum absolute atomic E-state index is 11.2. The minimum atomic E-state index is -0.547. The molecule has 0 spiro atoms. The van der Waals surface area contributed by atoms with Crippen molar-refractivity contribution in [1.29, 1.82) is 0 Å². The number of ether oxygens (including phenoxy) is 1. The van der Waals surface area contributed by atoms with Crippen LogP contribution < -0.4 is 4.74 Å². The van der Waals surface area contributed by atoms with Gasteiger partial charge >= 0.3 is 11.7 Å². The van der Waals surface area contributed by atoms with E-state index in [-0.39, 0.29) is 11.4 Å². The first kappa shape index (κ1) is 18.1. The van der Waals surface area contributed by atoms with Gasteiger partial charge in [-0.25, -0.2) is 0 Å². The first-order valence-electron chi connectivity index (χ1n) is 7.66. The first-order valence-corrected chi connectivity index (χ1v) is 7.66. The molecule has 1 rings (SSSR count). The Balaban J connectivity index is 2.95. The molecule has 0 heterocycles. The molecule has 0 aliphatic heterocycles. The second-order valence-corrected chi connectivity index (χ2v) is 5.21. The molecule has 0 radical (unpaired) electrons. The fourth-order valence-electron chi connectivity index (χ4n) is 2.42. The molecule has 0 aliphatic carbocycles. The molecule has 0 N–H and O–H groups in total. The number of hydrogen-bond acceptors (Lipinski definition) is 5. The molecule has 0 saturated carbocycles. The third-order valence-corrected chi connectivity index (χ3v) is 3.30. The van der Waals surface area contributed by atoms with Crippen LogP contribution in [0.4, 0.5) is 5.69 Å². The second-order valence-electron chi connectivity index (χ2n) is 5.21. The van der Waals surface area contributed by atoms with Crippen molar-refractivity contribution in [3.8, 4) is 5.75 Å². The van der Waals surface area contributed by atoms with E-state index in [4.69, 9.17) is 4.74 Å². The van der Waals surface area contributed by atoms with Gasteiger partial charge in [0.2, 0.25) is 5.75 Å². The number of nitrogens with zero attached hydrogens (tertiary/aromatic N) is 2. The Labute approximate surface area is 131 Å². The Morgan fingerprint density at radius 1 is 1.23 bits per heavy atom. The van der Waals surface area contributed by atoms with Crippen LogP contribution in [0, 0.1) is 10.1 Å². The largest absolute Gasteiger partial charge is 0.419 e. The number of rotatable bonds is 9. The molecule has 0 saturated heterocycles. The van der Waals surface area contributed by atoms with Crippen molar-refractivity contribution in [2.24, 2.45) is 0 Å². The number of benzene rings is 1. The van der Waals surface area contributed by atoms with Gasteiger partial charge in [-0.15, -0.1) is 0 Å². The highest BCUT2D eigenvalue weighted by Gasteiger charge is 2.20. The molecule has 22 heavy (non-hydrogen) atoms. The number of carbonyl (C=O) groups excluding carboxylic acids is 1. The average Bonchev–Trinajstić information content (AvgIpc) is 2.45. The zero-order chi connectivity index (χ0) is 16.5. The van der Waals surface area contributed by atoms with Gasteiger partial charge in [-0.3, -0.25) is 14.9 Å². The molecule has 1 aromatic rings. The fourth-order valence-corrected chi connectivity index (χ4v) is 2.42. The molecule has 1 aromatic carbocycles. The van der Waals surface area contributed by atoms with Crippen LogP contribution in [-0.4, -0.2) is 35.4 Å². The summed E-state index contributed by atoms with van der Waals surface area (Å²) in [7, 11) is 0. The molecular formula is C16H24N2O4. The lowest BCUT2D eigenvalue weighted by Crippen LogP contribution is -2.28. The molecule has 0 bridgehead atoms. The number of nitro benzene ring substituents is 1. The van der Waals surface area contributed by atoms with Crippen LogP contribution in [0.5, 0.6) is 5.75 Å². The van der Waals surface area contributed by atoms with Crippen molar-refractivity contribution in [2.75, 3.05) is 19.6 Å². The maximum atomic E-state index is 11.2. The van der Waals surface area contributed by atoms with E-state index in [1.807, 2.05) is 0 Å². The summed E-state index contributed by atoms with van der Waals surface area (Å²) in [5.74, 6) is -0.470. The summed E-state index contributed by atoms with van der Waals surface area (Å²) in [5, 5.41) is 11.1. The van der Waals surface area contributed by atoms with Crippen LogP contribution in [0.25, 0.3) is 0 Å². The summed E-state index contributed by atoms with van der Waals surface area (Å²) >= 11 is 0. The average molecular weight is 308 g/mol. The Morgan fingerprint density at radius 2 is 1.86 bits per heavy atom. The monoisotopic (exact) mass is 308 g/mol. The Bertz CT molecular complexity index is 511. The Kier molecular flexibility index (Phi) is 7.52. The number of hydrogen-bond donors (Lipinski definition) is 0. The number of nitro groups is 1. The minimum Gasteiger partial charge on any atom is -0.419 e. The highest BCUT2D eigenvalue weighted by Crippen LogP contribution is 2.31. The van der Waals surface area contributed by atoms with E-state index in [0.29, 0.717) is 12.0 Å². The van der Waals surface area contributed by atoms with Gasteiger partial charge in [-0.1, -0.05) is 26.0 Å². The summed E-state index contributed by atoms with van der Waals surface area (Å²) in [6.07, 6.45) is 2.74. The third-order valence-electron chi connectivity index (χ3n) is 3.30.